The van der Waals surface area contributed by atoms with Gasteiger partial charge in [0.25, 0.3) is 0 Å². The molecule has 0 N–H and O–H groups in total. The van der Waals surface area contributed by atoms with Crippen molar-refractivity contribution in [3.8, 4) is 51.3 Å². The highest BCUT2D eigenvalue weighted by molar-refractivity contribution is 6.11. The highest BCUT2D eigenvalue weighted by atomic mass is 19.4. The molecule has 0 spiro atoms. The van der Waals surface area contributed by atoms with Crippen LogP contribution in [-0.2, 0) is 6.18 Å². The molecular formula is C49H30F3N5. The lowest BCUT2D eigenvalue weighted by Crippen LogP contribution is -2.06. The van der Waals surface area contributed by atoms with E-state index in [9.17, 15) is 18.4 Å². The molecule has 0 fully saturated rings. The lowest BCUT2D eigenvalue weighted by molar-refractivity contribution is -0.137. The summed E-state index contributed by atoms with van der Waals surface area (Å²) < 4.78 is 46.3. The topological polar surface area (TPSA) is 59.4 Å². The molecule has 0 aliphatic carbocycles. The van der Waals surface area contributed by atoms with Crippen molar-refractivity contribution < 1.29 is 13.2 Å². The Bertz CT molecular complexity index is 3190. The first-order valence-corrected chi connectivity index (χ1v) is 18.5. The van der Waals surface area contributed by atoms with E-state index < -0.39 is 11.7 Å². The summed E-state index contributed by atoms with van der Waals surface area (Å²) >= 11 is 0. The quantitative estimate of drug-likeness (QED) is 0.176. The summed E-state index contributed by atoms with van der Waals surface area (Å²) in [4.78, 5) is 10.5. The lowest BCUT2D eigenvalue weighted by atomic mass is 10.0. The first kappa shape index (κ1) is 34.0. The van der Waals surface area contributed by atoms with Gasteiger partial charge >= 0.3 is 6.18 Å². The van der Waals surface area contributed by atoms with Gasteiger partial charge in [0, 0.05) is 38.2 Å². The van der Waals surface area contributed by atoms with Gasteiger partial charge in [-0.2, -0.15) is 18.4 Å². The number of benzene rings is 7. The second kappa shape index (κ2) is 13.1. The zero-order chi connectivity index (χ0) is 38.8. The molecule has 0 saturated carbocycles. The van der Waals surface area contributed by atoms with E-state index in [4.69, 9.17) is 9.97 Å². The maximum absolute atomic E-state index is 14.1. The molecule has 3 aromatic heterocycles. The van der Waals surface area contributed by atoms with Crippen molar-refractivity contribution in [2.45, 2.75) is 13.1 Å². The Morgan fingerprint density at radius 2 is 1.02 bits per heavy atom. The molecule has 0 aliphatic rings. The summed E-state index contributed by atoms with van der Waals surface area (Å²) in [5.74, 6) is 0.425. The fourth-order valence-electron chi connectivity index (χ4n) is 8.05. The normalized spacial score (nSPS) is 11.8. The monoisotopic (exact) mass is 745 g/mol. The Kier molecular flexibility index (Phi) is 7.80. The molecule has 7 aromatic carbocycles. The number of hydrogen-bond donors (Lipinski definition) is 0. The van der Waals surface area contributed by atoms with Crippen LogP contribution in [0.5, 0.6) is 0 Å². The zero-order valence-electron chi connectivity index (χ0n) is 30.5. The van der Waals surface area contributed by atoms with Crippen LogP contribution in [0.4, 0.5) is 13.2 Å². The predicted molar refractivity (Wildman–Crippen MR) is 221 cm³/mol. The summed E-state index contributed by atoms with van der Waals surface area (Å²) in [6, 6.07) is 53.7. The zero-order valence-corrected chi connectivity index (χ0v) is 30.5. The van der Waals surface area contributed by atoms with E-state index in [1.807, 2.05) is 120 Å². The van der Waals surface area contributed by atoms with Crippen molar-refractivity contribution >= 4 is 43.6 Å². The molecule has 0 radical (unpaired) electrons. The number of alkyl halides is 3. The van der Waals surface area contributed by atoms with Gasteiger partial charge in [0.2, 0.25) is 0 Å². The van der Waals surface area contributed by atoms with Gasteiger partial charge in [0.05, 0.1) is 56.0 Å². The summed E-state index contributed by atoms with van der Waals surface area (Å²) in [5, 5.41) is 14.2. The number of aryl methyl sites for hydroxylation is 1. The molecule has 0 unspecified atom stereocenters. The van der Waals surface area contributed by atoms with Crippen molar-refractivity contribution in [1.82, 2.24) is 19.1 Å². The number of hydrogen-bond acceptors (Lipinski definition) is 3. The maximum Gasteiger partial charge on any atom is 0.416 e. The van der Waals surface area contributed by atoms with E-state index in [0.29, 0.717) is 61.5 Å². The van der Waals surface area contributed by atoms with Gasteiger partial charge in [-0.05, 0) is 67.6 Å². The summed E-state index contributed by atoms with van der Waals surface area (Å²) in [5.41, 5.74) is 8.85. The van der Waals surface area contributed by atoms with Crippen LogP contribution < -0.4 is 0 Å². The van der Waals surface area contributed by atoms with Crippen LogP contribution in [0.3, 0.4) is 0 Å². The minimum absolute atomic E-state index is 0.330. The van der Waals surface area contributed by atoms with Gasteiger partial charge in [-0.15, -0.1) is 0 Å². The fraction of sp³-hybridized carbons (Fsp3) is 0.0408. The second-order valence-corrected chi connectivity index (χ2v) is 14.1. The third kappa shape index (κ3) is 5.63. The molecule has 8 heteroatoms. The first-order chi connectivity index (χ1) is 27.8. The van der Waals surface area contributed by atoms with Crippen LogP contribution in [-0.4, -0.2) is 19.1 Å². The Balaban J connectivity index is 1.35. The van der Waals surface area contributed by atoms with E-state index in [1.54, 1.807) is 0 Å². The number of halogens is 3. The van der Waals surface area contributed by atoms with Crippen LogP contribution in [0.15, 0.2) is 164 Å². The Morgan fingerprint density at radius 1 is 0.509 bits per heavy atom. The van der Waals surface area contributed by atoms with Gasteiger partial charge in [0.1, 0.15) is 6.07 Å². The number of fused-ring (bicyclic) bond motifs is 6. The van der Waals surface area contributed by atoms with Crippen LogP contribution in [0, 0.1) is 18.3 Å². The van der Waals surface area contributed by atoms with E-state index in [0.717, 1.165) is 44.6 Å². The van der Waals surface area contributed by atoms with Crippen molar-refractivity contribution in [2.75, 3.05) is 0 Å². The van der Waals surface area contributed by atoms with Crippen molar-refractivity contribution in [3.05, 3.63) is 180 Å². The van der Waals surface area contributed by atoms with Gasteiger partial charge < -0.3 is 9.13 Å². The molecule has 272 valence electrons. The standard InChI is InChI=1S/C49H30F3N5/c1-30-20-22-44-37(24-30)35-16-8-11-19-43(35)57(44)47-25-33(29-53)46(56-42-18-10-9-17-36(42)38-26-34(49(50,51)52)21-23-45(38)56)27-39(47)48-54-40(31-12-4-2-5-13-31)28-41(55-48)32-14-6-3-7-15-32/h2-28H,1H3. The third-order valence-corrected chi connectivity index (χ3v) is 10.7. The lowest BCUT2D eigenvalue weighted by Gasteiger charge is -2.19. The molecule has 5 nitrogen and oxygen atoms in total. The van der Waals surface area contributed by atoms with Gasteiger partial charge in [-0.3, -0.25) is 0 Å². The van der Waals surface area contributed by atoms with Crippen molar-refractivity contribution in [3.63, 3.8) is 0 Å². The van der Waals surface area contributed by atoms with Crippen LogP contribution >= 0.6 is 0 Å². The van der Waals surface area contributed by atoms with Crippen LogP contribution in [0.2, 0.25) is 0 Å². The van der Waals surface area contributed by atoms with Crippen molar-refractivity contribution in [1.29, 1.82) is 5.26 Å². The highest BCUT2D eigenvalue weighted by Crippen LogP contribution is 2.42. The summed E-state index contributed by atoms with van der Waals surface area (Å²) in [6.07, 6.45) is -4.53. The molecule has 3 heterocycles. The molecule has 57 heavy (non-hydrogen) atoms. The summed E-state index contributed by atoms with van der Waals surface area (Å²) in [7, 11) is 0. The molecule has 0 amide bonds. The fourth-order valence-corrected chi connectivity index (χ4v) is 8.05. The number of nitrogens with zero attached hydrogens (tertiary/aromatic N) is 5. The second-order valence-electron chi connectivity index (χ2n) is 14.1. The van der Waals surface area contributed by atoms with E-state index in [1.165, 1.54) is 12.1 Å². The minimum atomic E-state index is -4.53. The Morgan fingerprint density at radius 3 is 1.60 bits per heavy atom. The molecule has 0 bridgehead atoms. The molecule has 0 aliphatic heterocycles. The molecule has 10 rings (SSSR count). The smallest absolute Gasteiger partial charge is 0.308 e. The van der Waals surface area contributed by atoms with Crippen LogP contribution in [0.25, 0.3) is 88.9 Å². The molecule has 0 atom stereocenters. The van der Waals surface area contributed by atoms with Gasteiger partial charge in [-0.25, -0.2) is 9.97 Å². The molecule has 0 saturated heterocycles. The van der Waals surface area contributed by atoms with E-state index in [-0.39, 0.29) is 0 Å². The van der Waals surface area contributed by atoms with Gasteiger partial charge in [-0.1, -0.05) is 109 Å². The maximum atomic E-state index is 14.1. The third-order valence-electron chi connectivity index (χ3n) is 10.7. The van der Waals surface area contributed by atoms with E-state index in [2.05, 4.69) is 47.9 Å². The number of para-hydroxylation sites is 2. The molecule has 10 aromatic rings. The van der Waals surface area contributed by atoms with E-state index >= 15 is 0 Å². The Hall–Kier alpha value is -7.50. The SMILES string of the molecule is Cc1ccc2c(c1)c1ccccc1n2-c1cc(C#N)c(-n2c3ccccc3c3cc(C(F)(F)F)ccc32)cc1-c1nc(-c2ccccc2)cc(-c2ccccc2)n1. The Labute approximate surface area is 325 Å². The number of aromatic nitrogens is 4. The summed E-state index contributed by atoms with van der Waals surface area (Å²) in [6.45, 7) is 2.07. The van der Waals surface area contributed by atoms with Gasteiger partial charge in [0.15, 0.2) is 5.82 Å². The minimum Gasteiger partial charge on any atom is -0.308 e. The predicted octanol–water partition coefficient (Wildman–Crippen LogP) is 12.9. The van der Waals surface area contributed by atoms with Crippen LogP contribution in [0.1, 0.15) is 16.7 Å². The first-order valence-electron chi connectivity index (χ1n) is 18.5. The average Bonchev–Trinajstić information content (AvgIpc) is 3.75. The average molecular weight is 746 g/mol. The highest BCUT2D eigenvalue weighted by Gasteiger charge is 2.31. The largest absolute Gasteiger partial charge is 0.416 e. The van der Waals surface area contributed by atoms with Crippen molar-refractivity contribution in [2.24, 2.45) is 0 Å². The number of rotatable bonds is 5. The number of nitriles is 1. The molecular weight excluding hydrogens is 716 g/mol.